The van der Waals surface area contributed by atoms with Gasteiger partial charge in [-0.15, -0.1) is 5.10 Å². The van der Waals surface area contributed by atoms with Crippen LogP contribution >= 0.6 is 20.8 Å². The van der Waals surface area contributed by atoms with Crippen molar-refractivity contribution in [2.45, 2.75) is 18.2 Å². The van der Waals surface area contributed by atoms with Crippen LogP contribution in [-0.2, 0) is 19.0 Å². The topological polar surface area (TPSA) is 114 Å². The first-order valence-electron chi connectivity index (χ1n) is 9.07. The molecule has 1 N–H and O–H groups in total. The monoisotopic (exact) mass is 499 g/mol. The van der Waals surface area contributed by atoms with Gasteiger partial charge in [-0.2, -0.15) is 8.78 Å². The van der Waals surface area contributed by atoms with Gasteiger partial charge in [0.05, 0.1) is 30.9 Å². The second-order valence-electron chi connectivity index (χ2n) is 6.29. The zero-order chi connectivity index (χ0) is 23.1. The van der Waals surface area contributed by atoms with Crippen LogP contribution in [0.1, 0.15) is 12.2 Å². The van der Waals surface area contributed by atoms with Gasteiger partial charge in [-0.3, -0.25) is 4.79 Å². The van der Waals surface area contributed by atoms with Crippen molar-refractivity contribution in [1.29, 1.82) is 0 Å². The largest absolute Gasteiger partial charge is 0.484 e. The normalized spacial score (nSPS) is 18.9. The molecule has 176 valence electrons. The van der Waals surface area contributed by atoms with E-state index >= 15 is 0 Å². The summed E-state index contributed by atoms with van der Waals surface area (Å²) in [5.41, 5.74) is 0. The minimum Gasteiger partial charge on any atom is -0.484 e. The highest BCUT2D eigenvalue weighted by atomic mass is 35.5. The van der Waals surface area contributed by atoms with Gasteiger partial charge in [0.1, 0.15) is 18.2 Å². The van der Waals surface area contributed by atoms with Crippen molar-refractivity contribution in [2.24, 2.45) is 0 Å². The Hall–Kier alpha value is -2.18. The predicted molar refractivity (Wildman–Crippen MR) is 104 cm³/mol. The molecule has 1 amide bonds. The van der Waals surface area contributed by atoms with Crippen LogP contribution in [0.4, 0.5) is 13.2 Å². The number of benzene rings is 1. The van der Waals surface area contributed by atoms with Crippen LogP contribution in [-0.4, -0.2) is 61.0 Å². The number of carbonyl (C=O) groups excluding carboxylic acids is 1. The van der Waals surface area contributed by atoms with Gasteiger partial charge in [-0.25, -0.2) is 4.39 Å². The molecule has 3 rings (SSSR count). The lowest BCUT2D eigenvalue weighted by Crippen LogP contribution is -2.46. The quantitative estimate of drug-likeness (QED) is 0.388. The van der Waals surface area contributed by atoms with Crippen molar-refractivity contribution in [2.75, 3.05) is 33.0 Å². The van der Waals surface area contributed by atoms with Gasteiger partial charge in [0, 0.05) is 6.07 Å². The van der Waals surface area contributed by atoms with Crippen LogP contribution in [0.3, 0.4) is 0 Å². The molecule has 1 fully saturated rings. The summed E-state index contributed by atoms with van der Waals surface area (Å²) in [6.07, 6.45) is -1.26. The van der Waals surface area contributed by atoms with Crippen LogP contribution in [0.2, 0.25) is 5.02 Å². The Morgan fingerprint density at radius 1 is 1.25 bits per heavy atom. The van der Waals surface area contributed by atoms with E-state index in [9.17, 15) is 18.0 Å². The molecule has 15 heteroatoms. The van der Waals surface area contributed by atoms with E-state index in [2.05, 4.69) is 20.3 Å². The summed E-state index contributed by atoms with van der Waals surface area (Å²) < 4.78 is 68.8. The first-order valence-corrected chi connectivity index (χ1v) is 10.0. The number of nitrogens with zero attached hydrogens (tertiary/aromatic N) is 2. The molecule has 1 saturated heterocycles. The molecule has 10 nitrogen and oxygen atoms in total. The fourth-order valence-corrected chi connectivity index (χ4v) is 2.63. The Morgan fingerprint density at radius 2 is 2.00 bits per heavy atom. The van der Waals surface area contributed by atoms with E-state index in [1.807, 2.05) is 0 Å². The molecule has 1 aromatic heterocycles. The minimum atomic E-state index is -3.35. The average Bonchev–Trinajstić information content (AvgIpc) is 3.21. The molecule has 32 heavy (non-hydrogen) atoms. The number of halogens is 4. The molecular weight excluding hydrogens is 482 g/mol. The summed E-state index contributed by atoms with van der Waals surface area (Å²) in [4.78, 5) is 12.0. The molecule has 2 heterocycles. The van der Waals surface area contributed by atoms with Crippen LogP contribution in [0.5, 0.6) is 11.8 Å². The number of carbonyl (C=O) groups is 1. The number of alkyl halides is 2. The summed E-state index contributed by atoms with van der Waals surface area (Å²) in [5.74, 6) is -4.37. The van der Waals surface area contributed by atoms with Gasteiger partial charge in [-0.1, -0.05) is 16.7 Å². The average molecular weight is 500 g/mol. The van der Waals surface area contributed by atoms with Gasteiger partial charge in [0.2, 0.25) is 6.29 Å². The third-order valence-corrected chi connectivity index (χ3v) is 4.22. The molecular formula is C17H18ClF3N3O7P. The smallest absolute Gasteiger partial charge is 0.414 e. The number of aromatic nitrogens is 2. The summed E-state index contributed by atoms with van der Waals surface area (Å²) >= 11 is 5.58. The van der Waals surface area contributed by atoms with Crippen LogP contribution in [0, 0.1) is 5.82 Å². The van der Waals surface area contributed by atoms with Crippen molar-refractivity contribution in [3.63, 3.8) is 0 Å². The van der Waals surface area contributed by atoms with E-state index in [1.54, 1.807) is 0 Å². The van der Waals surface area contributed by atoms with Gasteiger partial charge >= 0.3 is 11.9 Å². The summed E-state index contributed by atoms with van der Waals surface area (Å²) in [7, 11) is 1.24. The number of rotatable bonds is 10. The second kappa shape index (κ2) is 11.1. The third kappa shape index (κ3) is 7.75. The number of hydrogen-bond donors (Lipinski definition) is 1. The van der Waals surface area contributed by atoms with E-state index in [4.69, 9.17) is 35.0 Å². The Balaban J connectivity index is 1.36. The van der Waals surface area contributed by atoms with Crippen LogP contribution < -0.4 is 14.8 Å². The van der Waals surface area contributed by atoms with E-state index in [-0.39, 0.29) is 49.2 Å². The Morgan fingerprint density at radius 3 is 2.69 bits per heavy atom. The standard InChI is InChI=1S/C17H18ClF3N3O7P/c18-11-2-1-10(5-12(11)19)27-8-13(25)22-9-6-28-15(29-7-9)14-23-24-16(31-14)26-3-4-30-17(20,21)32/h1-2,5,9,15H,3-4,6-8,32H2,(H,22,25). The molecule has 1 aromatic carbocycles. The van der Waals surface area contributed by atoms with E-state index in [0.717, 1.165) is 6.07 Å². The third-order valence-electron chi connectivity index (χ3n) is 3.75. The zero-order valence-electron chi connectivity index (χ0n) is 16.3. The lowest BCUT2D eigenvalue weighted by molar-refractivity contribution is -0.205. The molecule has 1 aliphatic rings. The van der Waals surface area contributed by atoms with Crippen LogP contribution in [0.15, 0.2) is 22.6 Å². The van der Waals surface area contributed by atoms with E-state index in [0.29, 0.717) is 0 Å². The number of nitrogens with one attached hydrogen (secondary N) is 1. The zero-order valence-corrected chi connectivity index (χ0v) is 18.2. The predicted octanol–water partition coefficient (Wildman–Crippen LogP) is 2.29. The molecule has 0 spiro atoms. The SMILES string of the molecule is O=C(COc1ccc(Cl)c(F)c1)NC1COC(c2nnc(OCCOC(F)(F)P)o2)OC1. The van der Waals surface area contributed by atoms with Crippen molar-refractivity contribution < 1.29 is 46.1 Å². The maximum atomic E-state index is 13.4. The lowest BCUT2D eigenvalue weighted by atomic mass is 10.3. The highest BCUT2D eigenvalue weighted by Crippen LogP contribution is 2.25. The summed E-state index contributed by atoms with van der Waals surface area (Å²) in [6, 6.07) is 3.34. The highest BCUT2D eigenvalue weighted by Gasteiger charge is 2.29. The Labute approximate surface area is 186 Å². The number of hydrogen-bond acceptors (Lipinski definition) is 9. The molecule has 0 radical (unpaired) electrons. The molecule has 2 aromatic rings. The first kappa shape index (κ1) is 24.5. The summed E-state index contributed by atoms with van der Waals surface area (Å²) in [6.45, 7) is -0.847. The molecule has 1 atom stereocenters. The Kier molecular flexibility index (Phi) is 8.49. The fraction of sp³-hybridized carbons (Fsp3) is 0.471. The van der Waals surface area contributed by atoms with E-state index in [1.165, 1.54) is 21.4 Å². The highest BCUT2D eigenvalue weighted by molar-refractivity contribution is 7.17. The maximum absolute atomic E-state index is 13.4. The van der Waals surface area contributed by atoms with Gasteiger partial charge < -0.3 is 33.4 Å². The number of ether oxygens (including phenoxy) is 5. The Bertz CT molecular complexity index is 910. The lowest BCUT2D eigenvalue weighted by Gasteiger charge is -2.27. The minimum absolute atomic E-state index is 0.0461. The van der Waals surface area contributed by atoms with Crippen LogP contribution in [0.25, 0.3) is 0 Å². The first-order chi connectivity index (χ1) is 15.2. The maximum Gasteiger partial charge on any atom is 0.414 e. The molecule has 0 bridgehead atoms. The fourth-order valence-electron chi connectivity index (χ4n) is 2.39. The molecule has 1 unspecified atom stereocenters. The van der Waals surface area contributed by atoms with Crippen molar-refractivity contribution in [3.8, 4) is 11.8 Å². The summed E-state index contributed by atoms with van der Waals surface area (Å²) in [5, 5.41) is 9.87. The van der Waals surface area contributed by atoms with E-state index < -0.39 is 36.5 Å². The van der Waals surface area contributed by atoms with Gasteiger partial charge in [0.25, 0.3) is 11.8 Å². The van der Waals surface area contributed by atoms with Gasteiger partial charge in [-0.05, 0) is 21.4 Å². The molecule has 0 aliphatic carbocycles. The molecule has 0 saturated carbocycles. The number of amides is 1. The molecule has 1 aliphatic heterocycles. The van der Waals surface area contributed by atoms with Gasteiger partial charge in [0.15, 0.2) is 6.61 Å². The second-order valence-corrected chi connectivity index (χ2v) is 7.37. The van der Waals surface area contributed by atoms with Crippen molar-refractivity contribution in [1.82, 2.24) is 15.5 Å². The van der Waals surface area contributed by atoms with Crippen molar-refractivity contribution in [3.05, 3.63) is 34.9 Å². The van der Waals surface area contributed by atoms with Crippen molar-refractivity contribution >= 4 is 26.7 Å².